The molecule has 0 spiro atoms. The van der Waals surface area contributed by atoms with Gasteiger partial charge in [0.2, 0.25) is 11.9 Å². The van der Waals surface area contributed by atoms with Crippen LogP contribution in [0.5, 0.6) is 0 Å². The second-order valence-electron chi connectivity index (χ2n) is 10.8. The van der Waals surface area contributed by atoms with Gasteiger partial charge in [0.05, 0.1) is 37.6 Å². The van der Waals surface area contributed by atoms with Crippen LogP contribution in [0.2, 0.25) is 0 Å². The van der Waals surface area contributed by atoms with Gasteiger partial charge in [-0.15, -0.1) is 0 Å². The Labute approximate surface area is 224 Å². The number of aromatic nitrogens is 4. The normalized spacial score (nSPS) is 23.9. The summed E-state index contributed by atoms with van der Waals surface area (Å²) in [6.07, 6.45) is 3.93. The number of amides is 1. The number of nitrogens with zero attached hydrogens (tertiary/aromatic N) is 6. The lowest BCUT2D eigenvalue weighted by atomic mass is 10.1. The van der Waals surface area contributed by atoms with Gasteiger partial charge in [-0.1, -0.05) is 0 Å². The monoisotopic (exact) mass is 549 g/mol. The fraction of sp³-hybridized carbons (Fsp3) is 0.654. The van der Waals surface area contributed by atoms with Gasteiger partial charge >= 0.3 is 6.18 Å². The van der Waals surface area contributed by atoms with E-state index in [1.165, 1.54) is 23.3 Å². The molecule has 10 nitrogen and oxygen atoms in total. The van der Waals surface area contributed by atoms with Crippen LogP contribution in [0.1, 0.15) is 63.0 Å². The van der Waals surface area contributed by atoms with E-state index in [-0.39, 0.29) is 49.4 Å². The van der Waals surface area contributed by atoms with Crippen molar-refractivity contribution in [3.63, 3.8) is 0 Å². The van der Waals surface area contributed by atoms with Gasteiger partial charge in [-0.05, 0) is 51.0 Å². The molecule has 1 N–H and O–H groups in total. The number of aromatic amines is 1. The largest absolute Gasteiger partial charge is 0.423 e. The number of halogens is 3. The molecule has 2 aromatic heterocycles. The van der Waals surface area contributed by atoms with E-state index in [1.807, 2.05) is 36.2 Å². The van der Waals surface area contributed by atoms with Gasteiger partial charge in [-0.3, -0.25) is 9.59 Å². The average Bonchev–Trinajstić information content (AvgIpc) is 3.63. The number of anilines is 2. The zero-order chi connectivity index (χ0) is 27.7. The van der Waals surface area contributed by atoms with Crippen molar-refractivity contribution in [3.8, 4) is 0 Å². The molecule has 0 radical (unpaired) electrons. The van der Waals surface area contributed by atoms with E-state index in [0.717, 1.165) is 6.20 Å². The molecule has 212 valence electrons. The number of hydrogen-bond donors (Lipinski definition) is 1. The summed E-state index contributed by atoms with van der Waals surface area (Å²) >= 11 is 0. The highest BCUT2D eigenvalue weighted by Gasteiger charge is 2.41. The molecular weight excluding hydrogens is 515 g/mol. The molecule has 1 amide bonds. The molecule has 4 heterocycles. The predicted molar refractivity (Wildman–Crippen MR) is 138 cm³/mol. The molecule has 1 aliphatic carbocycles. The molecule has 2 aromatic rings. The first-order chi connectivity index (χ1) is 18.6. The van der Waals surface area contributed by atoms with Crippen LogP contribution in [0, 0.1) is 0 Å². The van der Waals surface area contributed by atoms with E-state index in [0.29, 0.717) is 44.3 Å². The Balaban J connectivity index is 1.12. The van der Waals surface area contributed by atoms with E-state index in [4.69, 9.17) is 4.74 Å². The minimum atomic E-state index is -4.80. The summed E-state index contributed by atoms with van der Waals surface area (Å²) in [6.45, 7) is 5.95. The number of carbonyl (C=O) groups is 1. The van der Waals surface area contributed by atoms with Crippen molar-refractivity contribution in [1.82, 2.24) is 25.1 Å². The van der Waals surface area contributed by atoms with Gasteiger partial charge in [-0.2, -0.15) is 18.3 Å². The van der Waals surface area contributed by atoms with E-state index in [2.05, 4.69) is 20.0 Å². The number of rotatable bonds is 8. The molecule has 3 aliphatic rings. The first kappa shape index (κ1) is 27.4. The van der Waals surface area contributed by atoms with Gasteiger partial charge in [0.1, 0.15) is 5.56 Å². The number of nitrogens with one attached hydrogen (secondary N) is 1. The zero-order valence-corrected chi connectivity index (χ0v) is 22.2. The highest BCUT2D eigenvalue weighted by molar-refractivity contribution is 5.77. The molecule has 3 atom stereocenters. The third-order valence-electron chi connectivity index (χ3n) is 7.77. The molecule has 2 aliphatic heterocycles. The molecule has 2 saturated heterocycles. The third-order valence-corrected chi connectivity index (χ3v) is 7.77. The molecule has 5 rings (SSSR count). The van der Waals surface area contributed by atoms with Crippen molar-refractivity contribution in [2.75, 3.05) is 42.6 Å². The van der Waals surface area contributed by atoms with Crippen LogP contribution in [0.15, 0.2) is 23.4 Å². The topological polar surface area (TPSA) is 108 Å². The summed E-state index contributed by atoms with van der Waals surface area (Å²) < 4.78 is 46.4. The second kappa shape index (κ2) is 11.1. The van der Waals surface area contributed by atoms with Gasteiger partial charge in [0.25, 0.3) is 5.56 Å². The minimum Gasteiger partial charge on any atom is -0.379 e. The average molecular weight is 550 g/mol. The Morgan fingerprint density at radius 2 is 1.79 bits per heavy atom. The van der Waals surface area contributed by atoms with Gasteiger partial charge in [-0.25, -0.2) is 15.1 Å². The van der Waals surface area contributed by atoms with Crippen molar-refractivity contribution < 1.29 is 22.7 Å². The number of alkyl halides is 3. The second-order valence-corrected chi connectivity index (χ2v) is 10.8. The maximum Gasteiger partial charge on any atom is 0.423 e. The van der Waals surface area contributed by atoms with Crippen LogP contribution in [0.3, 0.4) is 0 Å². The fourth-order valence-electron chi connectivity index (χ4n) is 5.81. The lowest BCUT2D eigenvalue weighted by molar-refractivity contribution is -0.139. The molecular formula is C26H34F3N7O3. The number of piperazine rings is 1. The number of H-pyrrole nitrogens is 1. The van der Waals surface area contributed by atoms with Gasteiger partial charge in [0.15, 0.2) is 0 Å². The van der Waals surface area contributed by atoms with E-state index in [1.54, 1.807) is 0 Å². The molecule has 0 bridgehead atoms. The molecule has 0 unspecified atom stereocenters. The van der Waals surface area contributed by atoms with Gasteiger partial charge < -0.3 is 19.4 Å². The zero-order valence-electron chi connectivity index (χ0n) is 22.2. The summed E-state index contributed by atoms with van der Waals surface area (Å²) in [4.78, 5) is 39.6. The van der Waals surface area contributed by atoms with Crippen molar-refractivity contribution in [2.45, 2.75) is 76.2 Å². The maximum absolute atomic E-state index is 13.5. The third kappa shape index (κ3) is 6.02. The SMILES string of the molecule is C[C@@H]1CN(c2ncc(C3CC3)cn2)C[C@H](C)N1C(=O)CCOC[C@H]1CCCN1c1cn[nH]c(=O)c1C(F)(F)F. The van der Waals surface area contributed by atoms with Gasteiger partial charge in [0, 0.05) is 44.1 Å². The van der Waals surface area contributed by atoms with Crippen LogP contribution in [-0.4, -0.2) is 81.9 Å². The highest BCUT2D eigenvalue weighted by atomic mass is 19.4. The molecule has 13 heteroatoms. The quantitative estimate of drug-likeness (QED) is 0.501. The standard InChI is InChI=1S/C26H34F3N7O3/c1-16-13-34(25-30-10-19(11-31-25)18-5-6-18)14-17(2)36(16)22(37)7-9-39-15-20-4-3-8-35(20)21-12-32-33-24(38)23(21)26(27,28)29/h10-12,16-18,20H,3-9,13-15H2,1-2H3,(H,33,38)/t16-,17+,20-/m1/s1. The van der Waals surface area contributed by atoms with Crippen molar-refractivity contribution in [2.24, 2.45) is 0 Å². The van der Waals surface area contributed by atoms with Crippen LogP contribution >= 0.6 is 0 Å². The summed E-state index contributed by atoms with van der Waals surface area (Å²) in [6, 6.07) is -0.414. The number of hydrogen-bond acceptors (Lipinski definition) is 8. The molecule has 0 aromatic carbocycles. The van der Waals surface area contributed by atoms with Crippen molar-refractivity contribution in [1.29, 1.82) is 0 Å². The first-order valence-corrected chi connectivity index (χ1v) is 13.5. The van der Waals surface area contributed by atoms with Crippen molar-refractivity contribution >= 4 is 17.5 Å². The smallest absolute Gasteiger partial charge is 0.379 e. The van der Waals surface area contributed by atoms with E-state index in [9.17, 15) is 22.8 Å². The Kier molecular flexibility index (Phi) is 7.79. The predicted octanol–water partition coefficient (Wildman–Crippen LogP) is 2.96. The molecule has 39 heavy (non-hydrogen) atoms. The number of carbonyl (C=O) groups excluding carboxylic acids is 1. The summed E-state index contributed by atoms with van der Waals surface area (Å²) in [5.41, 5.74) is -1.56. The fourth-order valence-corrected chi connectivity index (χ4v) is 5.81. The summed E-state index contributed by atoms with van der Waals surface area (Å²) in [5, 5.41) is 5.45. The number of ether oxygens (including phenoxy) is 1. The lowest BCUT2D eigenvalue weighted by Gasteiger charge is -2.44. The van der Waals surface area contributed by atoms with Crippen LogP contribution in [0.25, 0.3) is 0 Å². The highest BCUT2D eigenvalue weighted by Crippen LogP contribution is 2.39. The Morgan fingerprint density at radius 1 is 1.10 bits per heavy atom. The van der Waals surface area contributed by atoms with Crippen molar-refractivity contribution in [3.05, 3.63) is 40.1 Å². The van der Waals surface area contributed by atoms with Crippen LogP contribution in [0.4, 0.5) is 24.8 Å². The first-order valence-electron chi connectivity index (χ1n) is 13.5. The molecule has 1 saturated carbocycles. The van der Waals surface area contributed by atoms with E-state index < -0.39 is 17.3 Å². The van der Waals surface area contributed by atoms with Crippen LogP contribution < -0.4 is 15.4 Å². The maximum atomic E-state index is 13.5. The minimum absolute atomic E-state index is 0.0268. The Morgan fingerprint density at radius 3 is 2.44 bits per heavy atom. The molecule has 3 fully saturated rings. The Bertz CT molecular complexity index is 1210. The van der Waals surface area contributed by atoms with E-state index >= 15 is 0 Å². The summed E-state index contributed by atoms with van der Waals surface area (Å²) in [5.74, 6) is 1.25. The Hall–Kier alpha value is -3.22. The van der Waals surface area contributed by atoms with Crippen LogP contribution in [-0.2, 0) is 15.7 Å². The summed E-state index contributed by atoms with van der Waals surface area (Å²) in [7, 11) is 0. The lowest BCUT2D eigenvalue weighted by Crippen LogP contribution is -2.59.